The van der Waals surface area contributed by atoms with Crippen molar-refractivity contribution >= 4 is 11.8 Å². The highest BCUT2D eigenvalue weighted by Crippen LogP contribution is 2.16. The predicted molar refractivity (Wildman–Crippen MR) is 68.7 cm³/mol. The molecule has 5 nitrogen and oxygen atoms in total. The minimum Gasteiger partial charge on any atom is -0.464 e. The summed E-state index contributed by atoms with van der Waals surface area (Å²) in [5.41, 5.74) is 0.258. The van der Waals surface area contributed by atoms with E-state index in [-0.39, 0.29) is 5.69 Å². The molecule has 0 atom stereocenters. The number of carbonyl (C=O) groups is 1. The van der Waals surface area contributed by atoms with Crippen LogP contribution in [0.5, 0.6) is 0 Å². The SMILES string of the molecule is COC(=O)c1cnc(N2CCCCCCC2)cn1. The van der Waals surface area contributed by atoms with Crippen molar-refractivity contribution < 1.29 is 9.53 Å². The van der Waals surface area contributed by atoms with Crippen molar-refractivity contribution in [2.24, 2.45) is 0 Å². The van der Waals surface area contributed by atoms with Crippen LogP contribution in [0.2, 0.25) is 0 Å². The summed E-state index contributed by atoms with van der Waals surface area (Å²) < 4.78 is 4.60. The van der Waals surface area contributed by atoms with Gasteiger partial charge in [0.25, 0.3) is 0 Å². The maximum absolute atomic E-state index is 11.3. The van der Waals surface area contributed by atoms with Gasteiger partial charge < -0.3 is 9.64 Å². The second-order valence-corrected chi connectivity index (χ2v) is 4.51. The van der Waals surface area contributed by atoms with Gasteiger partial charge in [0, 0.05) is 13.1 Å². The zero-order valence-electron chi connectivity index (χ0n) is 10.8. The minimum atomic E-state index is -0.443. The molecule has 1 aromatic heterocycles. The number of hydrogen-bond acceptors (Lipinski definition) is 5. The van der Waals surface area contributed by atoms with Crippen molar-refractivity contribution in [3.05, 3.63) is 18.1 Å². The van der Waals surface area contributed by atoms with E-state index in [1.54, 1.807) is 6.20 Å². The molecule has 18 heavy (non-hydrogen) atoms. The fourth-order valence-corrected chi connectivity index (χ4v) is 2.17. The second kappa shape index (κ2) is 6.33. The van der Waals surface area contributed by atoms with E-state index < -0.39 is 5.97 Å². The van der Waals surface area contributed by atoms with Gasteiger partial charge >= 0.3 is 5.97 Å². The minimum absolute atomic E-state index is 0.258. The van der Waals surface area contributed by atoms with Crippen molar-refractivity contribution in [2.45, 2.75) is 32.1 Å². The highest BCUT2D eigenvalue weighted by Gasteiger charge is 2.12. The third-order valence-corrected chi connectivity index (χ3v) is 3.21. The van der Waals surface area contributed by atoms with Crippen LogP contribution in [0.3, 0.4) is 0 Å². The Kier molecular flexibility index (Phi) is 4.50. The van der Waals surface area contributed by atoms with Crippen LogP contribution in [0.15, 0.2) is 12.4 Å². The summed E-state index contributed by atoms with van der Waals surface area (Å²) in [6.07, 6.45) is 9.43. The van der Waals surface area contributed by atoms with Gasteiger partial charge in [-0.15, -0.1) is 0 Å². The number of rotatable bonds is 2. The maximum Gasteiger partial charge on any atom is 0.358 e. The van der Waals surface area contributed by atoms with Gasteiger partial charge in [0.05, 0.1) is 19.5 Å². The van der Waals surface area contributed by atoms with E-state index >= 15 is 0 Å². The number of carbonyl (C=O) groups excluding carboxylic acids is 1. The Morgan fingerprint density at radius 3 is 2.33 bits per heavy atom. The van der Waals surface area contributed by atoms with Gasteiger partial charge in [-0.25, -0.2) is 14.8 Å². The predicted octanol–water partition coefficient (Wildman–Crippen LogP) is 2.03. The molecule has 1 aromatic rings. The lowest BCUT2D eigenvalue weighted by Gasteiger charge is -2.25. The van der Waals surface area contributed by atoms with Gasteiger partial charge in [-0.3, -0.25) is 0 Å². The zero-order valence-corrected chi connectivity index (χ0v) is 10.8. The largest absolute Gasteiger partial charge is 0.464 e. The maximum atomic E-state index is 11.3. The number of nitrogens with zero attached hydrogens (tertiary/aromatic N) is 3. The fraction of sp³-hybridized carbons (Fsp3) is 0.615. The molecule has 98 valence electrons. The summed E-state index contributed by atoms with van der Waals surface area (Å²) >= 11 is 0. The molecule has 1 fully saturated rings. The first kappa shape index (κ1) is 12.8. The average Bonchev–Trinajstić information content (AvgIpc) is 2.38. The van der Waals surface area contributed by atoms with Gasteiger partial charge in [0.2, 0.25) is 0 Å². The molecule has 0 bridgehead atoms. The summed E-state index contributed by atoms with van der Waals surface area (Å²) in [5, 5.41) is 0. The molecule has 0 amide bonds. The van der Waals surface area contributed by atoms with Gasteiger partial charge in [-0.1, -0.05) is 19.3 Å². The van der Waals surface area contributed by atoms with Crippen LogP contribution in [0.1, 0.15) is 42.6 Å². The number of aromatic nitrogens is 2. The third-order valence-electron chi connectivity index (χ3n) is 3.21. The van der Waals surface area contributed by atoms with E-state index in [2.05, 4.69) is 19.6 Å². The molecule has 0 saturated carbocycles. The molecule has 1 aliphatic rings. The van der Waals surface area contributed by atoms with Gasteiger partial charge in [0.15, 0.2) is 5.69 Å². The first-order valence-corrected chi connectivity index (χ1v) is 6.46. The highest BCUT2D eigenvalue weighted by molar-refractivity contribution is 5.86. The lowest BCUT2D eigenvalue weighted by atomic mass is 10.1. The summed E-state index contributed by atoms with van der Waals surface area (Å²) in [6, 6.07) is 0. The van der Waals surface area contributed by atoms with Crippen molar-refractivity contribution in [2.75, 3.05) is 25.1 Å². The van der Waals surface area contributed by atoms with Crippen LogP contribution >= 0.6 is 0 Å². The topological polar surface area (TPSA) is 55.3 Å². The van der Waals surface area contributed by atoms with E-state index in [1.165, 1.54) is 45.4 Å². The number of methoxy groups -OCH3 is 1. The molecular weight excluding hydrogens is 230 g/mol. The quantitative estimate of drug-likeness (QED) is 0.751. The van der Waals surface area contributed by atoms with Crippen LogP contribution in [0.4, 0.5) is 5.82 Å². The molecule has 0 radical (unpaired) electrons. The normalized spacial score (nSPS) is 16.8. The van der Waals surface area contributed by atoms with Crippen LogP contribution in [-0.4, -0.2) is 36.1 Å². The van der Waals surface area contributed by atoms with Crippen molar-refractivity contribution in [3.63, 3.8) is 0 Å². The Morgan fingerprint density at radius 2 is 1.78 bits per heavy atom. The van der Waals surface area contributed by atoms with Gasteiger partial charge in [-0.05, 0) is 12.8 Å². The Labute approximate surface area is 107 Å². The van der Waals surface area contributed by atoms with E-state index in [0.29, 0.717) is 0 Å². The molecule has 1 aliphatic heterocycles. The lowest BCUT2D eigenvalue weighted by Crippen LogP contribution is -2.28. The van der Waals surface area contributed by atoms with Gasteiger partial charge in [0.1, 0.15) is 5.82 Å². The van der Waals surface area contributed by atoms with Crippen molar-refractivity contribution in [3.8, 4) is 0 Å². The summed E-state index contributed by atoms with van der Waals surface area (Å²) in [5.74, 6) is 0.409. The molecule has 0 unspecified atom stereocenters. The van der Waals surface area contributed by atoms with E-state index in [1.807, 2.05) is 0 Å². The molecule has 0 N–H and O–H groups in total. The smallest absolute Gasteiger partial charge is 0.358 e. The van der Waals surface area contributed by atoms with Crippen LogP contribution in [0, 0.1) is 0 Å². The van der Waals surface area contributed by atoms with E-state index in [0.717, 1.165) is 18.9 Å². The number of ether oxygens (including phenoxy) is 1. The Bertz CT molecular complexity index is 384. The second-order valence-electron chi connectivity index (χ2n) is 4.51. The molecule has 0 aromatic carbocycles. The number of anilines is 1. The Balaban J connectivity index is 2.05. The van der Waals surface area contributed by atoms with Crippen molar-refractivity contribution in [1.29, 1.82) is 0 Å². The first-order valence-electron chi connectivity index (χ1n) is 6.46. The Hall–Kier alpha value is -1.65. The standard InChI is InChI=1S/C13H19N3O2/c1-18-13(17)11-9-15-12(10-14-11)16-7-5-3-2-4-6-8-16/h9-10H,2-8H2,1H3. The summed E-state index contributed by atoms with van der Waals surface area (Å²) in [4.78, 5) is 21.9. The number of hydrogen-bond donors (Lipinski definition) is 0. The lowest BCUT2D eigenvalue weighted by molar-refractivity contribution is 0.0593. The Morgan fingerprint density at radius 1 is 1.11 bits per heavy atom. The molecule has 2 heterocycles. The molecular formula is C13H19N3O2. The highest BCUT2D eigenvalue weighted by atomic mass is 16.5. The zero-order chi connectivity index (χ0) is 12.8. The first-order chi connectivity index (χ1) is 8.81. The van der Waals surface area contributed by atoms with E-state index in [4.69, 9.17) is 0 Å². The van der Waals surface area contributed by atoms with Crippen LogP contribution < -0.4 is 4.90 Å². The van der Waals surface area contributed by atoms with Crippen molar-refractivity contribution in [1.82, 2.24) is 9.97 Å². The molecule has 0 aliphatic carbocycles. The van der Waals surface area contributed by atoms with Crippen LogP contribution in [-0.2, 0) is 4.74 Å². The summed E-state index contributed by atoms with van der Waals surface area (Å²) in [6.45, 7) is 2.04. The van der Waals surface area contributed by atoms with E-state index in [9.17, 15) is 4.79 Å². The van der Waals surface area contributed by atoms with Crippen LogP contribution in [0.25, 0.3) is 0 Å². The fourth-order valence-electron chi connectivity index (χ4n) is 2.17. The third kappa shape index (κ3) is 3.18. The molecule has 1 saturated heterocycles. The summed E-state index contributed by atoms with van der Waals surface area (Å²) in [7, 11) is 1.34. The van der Waals surface area contributed by atoms with Gasteiger partial charge in [-0.2, -0.15) is 0 Å². The average molecular weight is 249 g/mol. The molecule has 0 spiro atoms. The molecule has 5 heteroatoms. The monoisotopic (exact) mass is 249 g/mol. The molecule has 2 rings (SSSR count). The number of esters is 1.